The first-order valence-electron chi connectivity index (χ1n) is 21.2. The lowest BCUT2D eigenvalue weighted by molar-refractivity contribution is -0.134. The Kier molecular flexibility index (Phi) is 9.43. The summed E-state index contributed by atoms with van der Waals surface area (Å²) < 4.78 is 31.4. The van der Waals surface area contributed by atoms with Gasteiger partial charge in [0.2, 0.25) is 12.1 Å². The molecule has 4 N–H and O–H groups in total. The number of likely N-dealkylation sites (tertiary alicyclic amines) is 2. The normalized spacial score (nSPS) is 20.8. The van der Waals surface area contributed by atoms with Crippen LogP contribution in [0.5, 0.6) is 5.75 Å². The van der Waals surface area contributed by atoms with E-state index in [1.54, 1.807) is 22.4 Å². The molecule has 10 rings (SSSR count). The van der Waals surface area contributed by atoms with Crippen molar-refractivity contribution < 1.29 is 23.5 Å². The first-order chi connectivity index (χ1) is 28.8. The van der Waals surface area contributed by atoms with E-state index in [4.69, 9.17) is 20.2 Å². The van der Waals surface area contributed by atoms with Crippen LogP contribution >= 0.6 is 11.3 Å². The third kappa shape index (κ3) is 6.87. The Morgan fingerprint density at radius 1 is 0.883 bits per heavy atom. The summed E-state index contributed by atoms with van der Waals surface area (Å²) in [6, 6.07) is 15.1. The zero-order valence-corrected chi connectivity index (χ0v) is 35.4. The highest BCUT2D eigenvalue weighted by Crippen LogP contribution is 2.50. The van der Waals surface area contributed by atoms with Gasteiger partial charge in [-0.2, -0.15) is 0 Å². The third-order valence-electron chi connectivity index (χ3n) is 12.4. The minimum Gasteiger partial charge on any atom is -0.464 e. The molecule has 3 fully saturated rings. The molecule has 0 bridgehead atoms. The lowest BCUT2D eigenvalue weighted by Crippen LogP contribution is -2.46. The Morgan fingerprint density at radius 2 is 1.55 bits per heavy atom. The lowest BCUT2D eigenvalue weighted by atomic mass is 10.0. The number of nitrogens with one attached hydrogen (secondary N) is 2. The van der Waals surface area contributed by atoms with Gasteiger partial charge in [0.15, 0.2) is 0 Å². The molecule has 3 aliphatic heterocycles. The van der Waals surface area contributed by atoms with Crippen LogP contribution in [0.2, 0.25) is 0 Å². The predicted octanol–water partition coefficient (Wildman–Crippen LogP) is 9.82. The number of aromatic nitrogens is 5. The van der Waals surface area contributed by atoms with Crippen molar-refractivity contribution in [3.8, 4) is 39.5 Å². The molecule has 0 radical (unpaired) electrons. The number of rotatable bonds is 8. The van der Waals surface area contributed by atoms with Crippen LogP contribution in [0.1, 0.15) is 119 Å². The molecule has 4 atom stereocenters. The monoisotopic (exact) mass is 830 g/mol. The number of carbonyl (C=O) groups is 2. The molecule has 0 spiro atoms. The van der Waals surface area contributed by atoms with Crippen molar-refractivity contribution in [1.29, 1.82) is 0 Å². The van der Waals surface area contributed by atoms with E-state index < -0.39 is 23.7 Å². The number of nitrogens with zero attached hydrogens (tertiary/aromatic N) is 5. The Hall–Kier alpha value is -5.47. The number of hydrogen-bond acceptors (Lipinski definition) is 8. The molecular formula is C46H51FN8O4S. The lowest BCUT2D eigenvalue weighted by Gasteiger charge is -2.30. The van der Waals surface area contributed by atoms with Crippen LogP contribution in [0.15, 0.2) is 60.9 Å². The van der Waals surface area contributed by atoms with Gasteiger partial charge in [0, 0.05) is 34.5 Å². The molecule has 2 saturated heterocycles. The number of aromatic amines is 2. The van der Waals surface area contributed by atoms with E-state index in [9.17, 15) is 9.59 Å². The van der Waals surface area contributed by atoms with Gasteiger partial charge in [-0.3, -0.25) is 14.3 Å². The van der Waals surface area contributed by atoms with E-state index in [2.05, 4.69) is 49.9 Å². The molecule has 4 aromatic heterocycles. The molecule has 6 aromatic rings. The summed E-state index contributed by atoms with van der Waals surface area (Å²) in [5, 5.41) is 0.937. The molecular weight excluding hydrogens is 780 g/mol. The number of carbonyl (C=O) groups excluding carboxylic acids is 2. The summed E-state index contributed by atoms with van der Waals surface area (Å²) in [7, 11) is 0. The Bertz CT molecular complexity index is 2630. The second-order valence-electron chi connectivity index (χ2n) is 18.1. The first kappa shape index (κ1) is 38.7. The van der Waals surface area contributed by atoms with E-state index in [0.717, 1.165) is 64.2 Å². The van der Waals surface area contributed by atoms with Gasteiger partial charge in [-0.1, -0.05) is 19.9 Å². The van der Waals surface area contributed by atoms with Gasteiger partial charge in [0.05, 0.1) is 63.6 Å². The number of benzene rings is 2. The molecule has 4 unspecified atom stereocenters. The Labute approximate surface area is 352 Å². The van der Waals surface area contributed by atoms with Crippen molar-refractivity contribution in [2.45, 2.75) is 109 Å². The zero-order valence-electron chi connectivity index (χ0n) is 34.6. The minimum absolute atomic E-state index is 0.0392. The second-order valence-corrected chi connectivity index (χ2v) is 19.3. The third-order valence-corrected chi connectivity index (χ3v) is 13.6. The number of nitrogens with two attached hydrogens (primary N) is 1. The number of halogens is 1. The van der Waals surface area contributed by atoms with Crippen molar-refractivity contribution in [2.75, 3.05) is 13.1 Å². The summed E-state index contributed by atoms with van der Waals surface area (Å²) in [5.41, 5.74) is 10.7. The topological polar surface area (TPSA) is 147 Å². The van der Waals surface area contributed by atoms with Gasteiger partial charge in [0.25, 0.3) is 0 Å². The maximum atomic E-state index is 16.7. The first-order valence-corrected chi connectivity index (χ1v) is 22.0. The molecule has 312 valence electrons. The number of fused-ring (bicyclic) bond motifs is 5. The average Bonchev–Trinajstić information content (AvgIpc) is 3.92. The average molecular weight is 831 g/mol. The van der Waals surface area contributed by atoms with Crippen LogP contribution in [0.3, 0.4) is 0 Å². The number of hydrogen-bond donors (Lipinski definition) is 3. The van der Waals surface area contributed by atoms with Crippen LogP contribution in [0, 0.1) is 11.7 Å². The summed E-state index contributed by atoms with van der Waals surface area (Å²) in [4.78, 5) is 48.7. The van der Waals surface area contributed by atoms with Crippen LogP contribution in [0.25, 0.3) is 44.7 Å². The van der Waals surface area contributed by atoms with Gasteiger partial charge in [-0.25, -0.2) is 19.2 Å². The minimum atomic E-state index is -0.610. The van der Waals surface area contributed by atoms with Crippen molar-refractivity contribution >= 4 is 34.2 Å². The van der Waals surface area contributed by atoms with Crippen LogP contribution in [-0.2, 0) is 9.53 Å². The Balaban J connectivity index is 0.994. The highest BCUT2D eigenvalue weighted by atomic mass is 32.1. The maximum absolute atomic E-state index is 16.7. The molecule has 12 nitrogen and oxygen atoms in total. The number of H-pyrrole nitrogens is 2. The van der Waals surface area contributed by atoms with Gasteiger partial charge in [-0.05, 0) is 114 Å². The SMILES string of the molecule is CC(C)C(N)C(=O)N1CCCC1c1ncc(-c2ccc3c(c2)cc2n3C(c3ccc(C4CC4)s3)Oc3cc(-c4cnc(C5CCCN5C(=O)OC(C)(C)C)[nH]4)cc(F)c3-2)[nH]1. The molecule has 4 aliphatic rings. The molecule has 7 heterocycles. The largest absolute Gasteiger partial charge is 0.464 e. The van der Waals surface area contributed by atoms with Gasteiger partial charge < -0.3 is 30.1 Å². The second kappa shape index (κ2) is 14.6. The van der Waals surface area contributed by atoms with Crippen molar-refractivity contribution in [2.24, 2.45) is 11.7 Å². The van der Waals surface area contributed by atoms with Gasteiger partial charge in [0.1, 0.15) is 28.8 Å². The predicted molar refractivity (Wildman–Crippen MR) is 229 cm³/mol. The fourth-order valence-corrected chi connectivity index (χ4v) is 10.3. The van der Waals surface area contributed by atoms with Crippen LogP contribution < -0.4 is 10.5 Å². The van der Waals surface area contributed by atoms with Crippen LogP contribution in [0.4, 0.5) is 9.18 Å². The number of imidazole rings is 2. The fraction of sp³-hybridized carbons (Fsp3) is 0.435. The quantitative estimate of drug-likeness (QED) is 0.138. The smallest absolute Gasteiger partial charge is 0.410 e. The highest BCUT2D eigenvalue weighted by Gasteiger charge is 2.38. The van der Waals surface area contributed by atoms with E-state index in [1.807, 2.05) is 57.8 Å². The number of amides is 2. The summed E-state index contributed by atoms with van der Waals surface area (Å²) in [5.74, 6) is 2.03. The van der Waals surface area contributed by atoms with Gasteiger partial charge >= 0.3 is 6.09 Å². The standard InChI is InChI=1S/C46H51FN8O4S/c1-24(2)40(48)43(56)53-16-6-8-33(53)41-49-22-30(51-41)26-12-13-32-28(18-26)20-35-39-29(47)19-27(21-36(39)58-44(55(32)35)38-15-14-37(60-38)25-10-11-25)31-23-50-42(52-31)34-9-7-17-54(34)45(57)59-46(3,4)5/h12-15,18-25,33-34,40,44H,6-11,16-17,48H2,1-5H3,(H,49,51)(H,50,52). The summed E-state index contributed by atoms with van der Waals surface area (Å²) in [6.45, 7) is 10.8. The van der Waals surface area contributed by atoms with E-state index in [0.29, 0.717) is 47.4 Å². The molecule has 14 heteroatoms. The molecule has 1 saturated carbocycles. The molecule has 60 heavy (non-hydrogen) atoms. The number of thiophene rings is 1. The summed E-state index contributed by atoms with van der Waals surface area (Å²) >= 11 is 1.76. The van der Waals surface area contributed by atoms with E-state index in [1.165, 1.54) is 23.8 Å². The van der Waals surface area contributed by atoms with Gasteiger partial charge in [-0.15, -0.1) is 11.3 Å². The number of ether oxygens (including phenoxy) is 2. The van der Waals surface area contributed by atoms with Crippen LogP contribution in [-0.4, -0.2) is 71.0 Å². The zero-order chi connectivity index (χ0) is 41.6. The van der Waals surface area contributed by atoms with E-state index >= 15 is 4.39 Å². The van der Waals surface area contributed by atoms with Crippen molar-refractivity contribution in [3.05, 3.63) is 88.1 Å². The molecule has 1 aliphatic carbocycles. The molecule has 2 amide bonds. The van der Waals surface area contributed by atoms with Crippen molar-refractivity contribution in [3.63, 3.8) is 0 Å². The highest BCUT2D eigenvalue weighted by molar-refractivity contribution is 7.12. The summed E-state index contributed by atoms with van der Waals surface area (Å²) in [6.07, 6.45) is 8.34. The fourth-order valence-electron chi connectivity index (χ4n) is 9.06. The molecule has 2 aromatic carbocycles. The Morgan fingerprint density at radius 3 is 2.23 bits per heavy atom. The van der Waals surface area contributed by atoms with Crippen molar-refractivity contribution in [1.82, 2.24) is 34.3 Å². The maximum Gasteiger partial charge on any atom is 0.410 e. The van der Waals surface area contributed by atoms with E-state index in [-0.39, 0.29) is 30.0 Å².